The Hall–Kier alpha value is -2.74. The summed E-state index contributed by atoms with van der Waals surface area (Å²) in [5.74, 6) is 1.41. The minimum absolute atomic E-state index is 0.0281. The molecule has 1 atom stereocenters. The quantitative estimate of drug-likeness (QED) is 0.621. The molecule has 0 bridgehead atoms. The summed E-state index contributed by atoms with van der Waals surface area (Å²) in [5, 5.41) is 5.00. The highest BCUT2D eigenvalue weighted by molar-refractivity contribution is 7.10. The van der Waals surface area contributed by atoms with Gasteiger partial charge in [0.1, 0.15) is 24.7 Å². The molecule has 1 aromatic heterocycles. The number of amides is 3. The van der Waals surface area contributed by atoms with Crippen molar-refractivity contribution >= 4 is 23.3 Å². The molecule has 1 aliphatic carbocycles. The van der Waals surface area contributed by atoms with E-state index < -0.39 is 0 Å². The number of fused-ring (bicyclic) bond motifs is 1. The third kappa shape index (κ3) is 5.18. The molecule has 1 aliphatic heterocycles. The van der Waals surface area contributed by atoms with Crippen LogP contribution in [0.25, 0.3) is 0 Å². The molecule has 0 radical (unpaired) electrons. The van der Waals surface area contributed by atoms with Gasteiger partial charge in [-0.1, -0.05) is 13.0 Å². The first-order valence-corrected chi connectivity index (χ1v) is 12.2. The number of thiophene rings is 1. The number of carbonyl (C=O) groups excluding carboxylic acids is 2. The van der Waals surface area contributed by atoms with E-state index in [0.29, 0.717) is 25.4 Å². The minimum atomic E-state index is -0.177. The number of carbonyl (C=O) groups is 2. The fourth-order valence-electron chi connectivity index (χ4n) is 4.06. The largest absolute Gasteiger partial charge is 0.497 e. The van der Waals surface area contributed by atoms with Gasteiger partial charge in [0.25, 0.3) is 0 Å². The van der Waals surface area contributed by atoms with Crippen LogP contribution in [0.15, 0.2) is 35.7 Å². The van der Waals surface area contributed by atoms with Gasteiger partial charge in [-0.05, 0) is 54.8 Å². The van der Waals surface area contributed by atoms with Gasteiger partial charge in [0.15, 0.2) is 0 Å². The summed E-state index contributed by atoms with van der Waals surface area (Å²) >= 11 is 1.73. The van der Waals surface area contributed by atoms with Gasteiger partial charge in [-0.2, -0.15) is 0 Å². The van der Waals surface area contributed by atoms with Gasteiger partial charge in [0.2, 0.25) is 5.91 Å². The number of nitrogens with zero attached hydrogens (tertiary/aromatic N) is 2. The Balaban J connectivity index is 1.48. The first-order valence-electron chi connectivity index (χ1n) is 11.3. The highest BCUT2D eigenvalue weighted by Gasteiger charge is 2.37. The Labute approximate surface area is 193 Å². The molecule has 3 amide bonds. The fourth-order valence-corrected chi connectivity index (χ4v) is 4.99. The maximum atomic E-state index is 13.4. The molecule has 2 heterocycles. The summed E-state index contributed by atoms with van der Waals surface area (Å²) in [6.45, 7) is 3.73. The summed E-state index contributed by atoms with van der Waals surface area (Å²) in [6.07, 6.45) is 3.63. The van der Waals surface area contributed by atoms with Crippen LogP contribution in [0, 0.1) is 0 Å². The third-order valence-electron chi connectivity index (χ3n) is 5.94. The van der Waals surface area contributed by atoms with E-state index in [-0.39, 0.29) is 30.6 Å². The molecular weight excluding hydrogens is 426 g/mol. The Bertz CT molecular complexity index is 943. The smallest absolute Gasteiger partial charge is 0.318 e. The fraction of sp³-hybridized carbons (Fsp3) is 0.500. The van der Waals surface area contributed by atoms with E-state index >= 15 is 0 Å². The van der Waals surface area contributed by atoms with E-state index in [1.807, 2.05) is 36.1 Å². The highest BCUT2D eigenvalue weighted by atomic mass is 32.1. The summed E-state index contributed by atoms with van der Waals surface area (Å²) < 4.78 is 11.4. The molecule has 32 heavy (non-hydrogen) atoms. The van der Waals surface area contributed by atoms with Crippen molar-refractivity contribution < 1.29 is 19.1 Å². The molecule has 2 aromatic rings. The average molecular weight is 458 g/mol. The van der Waals surface area contributed by atoms with Crippen molar-refractivity contribution in [2.75, 3.05) is 33.4 Å². The Morgan fingerprint density at radius 1 is 1.25 bits per heavy atom. The third-order valence-corrected chi connectivity index (χ3v) is 6.94. The van der Waals surface area contributed by atoms with Gasteiger partial charge in [0, 0.05) is 30.1 Å². The van der Waals surface area contributed by atoms with E-state index in [1.54, 1.807) is 23.3 Å². The van der Waals surface area contributed by atoms with Gasteiger partial charge in [-0.3, -0.25) is 4.79 Å². The second-order valence-electron chi connectivity index (χ2n) is 8.23. The van der Waals surface area contributed by atoms with E-state index in [0.717, 1.165) is 37.0 Å². The van der Waals surface area contributed by atoms with E-state index in [9.17, 15) is 9.59 Å². The number of urea groups is 1. The predicted octanol–water partition coefficient (Wildman–Crippen LogP) is 3.85. The minimum Gasteiger partial charge on any atom is -0.497 e. The molecular formula is C24H31N3O4S. The molecule has 2 aliphatic rings. The summed E-state index contributed by atoms with van der Waals surface area (Å²) in [5.41, 5.74) is 1.14. The molecule has 1 N–H and O–H groups in total. The molecule has 1 fully saturated rings. The first-order chi connectivity index (χ1) is 15.6. The van der Waals surface area contributed by atoms with E-state index in [2.05, 4.69) is 16.8 Å². The molecule has 7 nitrogen and oxygen atoms in total. The number of hydrogen-bond acceptors (Lipinski definition) is 5. The Morgan fingerprint density at radius 3 is 2.81 bits per heavy atom. The van der Waals surface area contributed by atoms with Crippen LogP contribution in [0.5, 0.6) is 11.5 Å². The second-order valence-corrected chi connectivity index (χ2v) is 9.23. The standard InChI is InChI=1S/C24H31N3O4S/c1-3-11-25-24(29)27(17-7-8-17)15-23(28)26-12-9-22-20(10-13-32-22)21(26)16-31-19-6-4-5-18(14-19)30-2/h4-6,10,13-14,17,21H,3,7-9,11-12,15-16H2,1-2H3,(H,25,29)/t21-/m1/s1. The van der Waals surface area contributed by atoms with Crippen molar-refractivity contribution in [1.82, 2.24) is 15.1 Å². The van der Waals surface area contributed by atoms with Gasteiger partial charge in [-0.25, -0.2) is 4.79 Å². The highest BCUT2D eigenvalue weighted by Crippen LogP contribution is 2.35. The molecule has 1 aromatic carbocycles. The molecule has 0 saturated heterocycles. The lowest BCUT2D eigenvalue weighted by Crippen LogP contribution is -2.50. The van der Waals surface area contributed by atoms with Crippen LogP contribution in [-0.2, 0) is 11.2 Å². The monoisotopic (exact) mass is 457 g/mol. The van der Waals surface area contributed by atoms with E-state index in [1.165, 1.54) is 4.88 Å². The van der Waals surface area contributed by atoms with Crippen LogP contribution >= 0.6 is 11.3 Å². The predicted molar refractivity (Wildman–Crippen MR) is 124 cm³/mol. The SMILES string of the molecule is CCCNC(=O)N(CC(=O)N1CCc2sccc2[C@H]1COc1cccc(OC)c1)C1CC1. The van der Waals surface area contributed by atoms with E-state index in [4.69, 9.17) is 9.47 Å². The molecule has 4 rings (SSSR count). The molecule has 172 valence electrons. The molecule has 8 heteroatoms. The average Bonchev–Trinajstić information content (AvgIpc) is 3.54. The van der Waals surface area contributed by atoms with Gasteiger partial charge >= 0.3 is 6.03 Å². The van der Waals surface area contributed by atoms with Crippen LogP contribution in [0.3, 0.4) is 0 Å². The zero-order valence-electron chi connectivity index (χ0n) is 18.7. The van der Waals surface area contributed by atoms with Crippen molar-refractivity contribution in [2.45, 2.75) is 44.7 Å². The number of methoxy groups -OCH3 is 1. The van der Waals surface area contributed by atoms with Gasteiger partial charge in [0.05, 0.1) is 13.2 Å². The van der Waals surface area contributed by atoms with Crippen LogP contribution in [0.4, 0.5) is 4.79 Å². The van der Waals surface area contributed by atoms with Crippen molar-refractivity contribution in [3.63, 3.8) is 0 Å². The number of nitrogens with one attached hydrogen (secondary N) is 1. The molecule has 1 saturated carbocycles. The molecule has 0 unspecified atom stereocenters. The van der Waals surface area contributed by atoms with Crippen LogP contribution < -0.4 is 14.8 Å². The summed E-state index contributed by atoms with van der Waals surface area (Å²) in [4.78, 5) is 30.9. The second kappa shape index (κ2) is 10.3. The topological polar surface area (TPSA) is 71.1 Å². The lowest BCUT2D eigenvalue weighted by Gasteiger charge is -2.37. The van der Waals surface area contributed by atoms with Crippen LogP contribution in [-0.4, -0.2) is 61.1 Å². The van der Waals surface area contributed by atoms with Crippen molar-refractivity contribution in [3.8, 4) is 11.5 Å². The maximum absolute atomic E-state index is 13.4. The van der Waals surface area contributed by atoms with Crippen LogP contribution in [0.1, 0.15) is 42.7 Å². The molecule has 0 spiro atoms. The Morgan fingerprint density at radius 2 is 2.06 bits per heavy atom. The Kier molecular flexibility index (Phi) is 7.19. The summed E-state index contributed by atoms with van der Waals surface area (Å²) in [6, 6.07) is 9.43. The van der Waals surface area contributed by atoms with Crippen LogP contribution in [0.2, 0.25) is 0 Å². The number of benzene rings is 1. The zero-order chi connectivity index (χ0) is 22.5. The zero-order valence-corrected chi connectivity index (χ0v) is 19.5. The lowest BCUT2D eigenvalue weighted by molar-refractivity contribution is -0.135. The van der Waals surface area contributed by atoms with Crippen molar-refractivity contribution in [3.05, 3.63) is 46.2 Å². The summed E-state index contributed by atoms with van der Waals surface area (Å²) in [7, 11) is 1.63. The normalized spacial score (nSPS) is 17.4. The van der Waals surface area contributed by atoms with Gasteiger partial charge in [-0.15, -0.1) is 11.3 Å². The lowest BCUT2D eigenvalue weighted by atomic mass is 10.0. The number of ether oxygens (including phenoxy) is 2. The van der Waals surface area contributed by atoms with Gasteiger partial charge < -0.3 is 24.6 Å². The van der Waals surface area contributed by atoms with Crippen molar-refractivity contribution in [2.24, 2.45) is 0 Å². The number of rotatable bonds is 9. The first kappa shape index (κ1) is 22.5. The number of hydrogen-bond donors (Lipinski definition) is 1. The maximum Gasteiger partial charge on any atom is 0.318 e. The van der Waals surface area contributed by atoms with Crippen molar-refractivity contribution in [1.29, 1.82) is 0 Å².